The number of likely N-dealkylation sites (tertiary alicyclic amines) is 1. The number of carbonyl (C=O) groups is 1. The molecule has 0 N–H and O–H groups in total. The van der Waals surface area contributed by atoms with E-state index in [-0.39, 0.29) is 5.91 Å². The van der Waals surface area contributed by atoms with E-state index in [0.29, 0.717) is 24.1 Å². The molecule has 3 rings (SSSR count). The fourth-order valence-corrected chi connectivity index (χ4v) is 2.90. The van der Waals surface area contributed by atoms with Crippen molar-refractivity contribution in [3.05, 3.63) is 30.1 Å². The second kappa shape index (κ2) is 6.81. The lowest BCUT2D eigenvalue weighted by molar-refractivity contribution is -0.129. The van der Waals surface area contributed by atoms with Crippen LogP contribution >= 0.6 is 0 Å². The van der Waals surface area contributed by atoms with Crippen LogP contribution in [0.4, 0.5) is 0 Å². The molecule has 2 heterocycles. The highest BCUT2D eigenvalue weighted by Crippen LogP contribution is 2.23. The number of ether oxygens (including phenoxy) is 1. The van der Waals surface area contributed by atoms with Crippen LogP contribution in [0.1, 0.15) is 25.6 Å². The summed E-state index contributed by atoms with van der Waals surface area (Å²) in [5.74, 6) is 2.64. The molecule has 1 aromatic carbocycles. The third-order valence-electron chi connectivity index (χ3n) is 4.22. The van der Waals surface area contributed by atoms with Gasteiger partial charge in [0.25, 0.3) is 5.89 Å². The van der Waals surface area contributed by atoms with Crippen LogP contribution in [0.15, 0.2) is 28.8 Å². The minimum absolute atomic E-state index is 0.222. The normalized spacial score (nSPS) is 17.5. The van der Waals surface area contributed by atoms with Crippen LogP contribution in [0.3, 0.4) is 0 Å². The Balaban J connectivity index is 1.62. The summed E-state index contributed by atoms with van der Waals surface area (Å²) in [5.41, 5.74) is 0.874. The van der Waals surface area contributed by atoms with Gasteiger partial charge in [0.1, 0.15) is 5.75 Å². The molecule has 0 aliphatic carbocycles. The van der Waals surface area contributed by atoms with Crippen molar-refractivity contribution in [1.29, 1.82) is 0 Å². The van der Waals surface area contributed by atoms with E-state index in [2.05, 4.69) is 10.1 Å². The Morgan fingerprint density at radius 2 is 2.17 bits per heavy atom. The topological polar surface area (TPSA) is 68.5 Å². The summed E-state index contributed by atoms with van der Waals surface area (Å²) in [4.78, 5) is 18.1. The van der Waals surface area contributed by atoms with Crippen LogP contribution in [0, 0.1) is 5.92 Å². The van der Waals surface area contributed by atoms with Gasteiger partial charge in [-0.25, -0.2) is 0 Å². The van der Waals surface area contributed by atoms with Crippen molar-refractivity contribution in [3.63, 3.8) is 0 Å². The monoisotopic (exact) mass is 315 g/mol. The van der Waals surface area contributed by atoms with Gasteiger partial charge in [0.05, 0.1) is 7.11 Å². The molecule has 1 fully saturated rings. The highest BCUT2D eigenvalue weighted by atomic mass is 16.5. The fourth-order valence-electron chi connectivity index (χ4n) is 2.90. The first kappa shape index (κ1) is 15.5. The molecule has 0 bridgehead atoms. The molecule has 1 saturated heterocycles. The van der Waals surface area contributed by atoms with Crippen molar-refractivity contribution < 1.29 is 14.1 Å². The molecule has 2 aromatic rings. The first-order valence-corrected chi connectivity index (χ1v) is 7.94. The lowest BCUT2D eigenvalue weighted by Gasteiger charge is -2.14. The molecular weight excluding hydrogens is 294 g/mol. The van der Waals surface area contributed by atoms with Crippen LogP contribution in [0.5, 0.6) is 5.75 Å². The van der Waals surface area contributed by atoms with E-state index < -0.39 is 0 Å². The van der Waals surface area contributed by atoms with Gasteiger partial charge in [-0.1, -0.05) is 12.1 Å². The Morgan fingerprint density at radius 1 is 1.39 bits per heavy atom. The molecule has 1 aliphatic heterocycles. The average Bonchev–Trinajstić information content (AvgIpc) is 3.24. The highest BCUT2D eigenvalue weighted by molar-refractivity contribution is 5.76. The van der Waals surface area contributed by atoms with Gasteiger partial charge in [0.15, 0.2) is 5.82 Å². The van der Waals surface area contributed by atoms with Gasteiger partial charge in [0, 0.05) is 31.5 Å². The third kappa shape index (κ3) is 3.52. The number of amides is 1. The van der Waals surface area contributed by atoms with Crippen molar-refractivity contribution >= 4 is 5.91 Å². The Labute approximate surface area is 135 Å². The minimum Gasteiger partial charge on any atom is -0.497 e. The Bertz CT molecular complexity index is 666. The zero-order chi connectivity index (χ0) is 16.2. The predicted molar refractivity (Wildman–Crippen MR) is 85.0 cm³/mol. The van der Waals surface area contributed by atoms with Crippen molar-refractivity contribution in [2.24, 2.45) is 5.92 Å². The van der Waals surface area contributed by atoms with E-state index in [0.717, 1.165) is 37.2 Å². The largest absolute Gasteiger partial charge is 0.497 e. The van der Waals surface area contributed by atoms with Gasteiger partial charge in [-0.3, -0.25) is 4.79 Å². The highest BCUT2D eigenvalue weighted by Gasteiger charge is 2.26. The van der Waals surface area contributed by atoms with E-state index in [1.807, 2.05) is 36.1 Å². The lowest BCUT2D eigenvalue weighted by atomic mass is 10.1. The van der Waals surface area contributed by atoms with Crippen molar-refractivity contribution in [1.82, 2.24) is 15.0 Å². The molecule has 0 radical (unpaired) electrons. The van der Waals surface area contributed by atoms with Gasteiger partial charge in [0.2, 0.25) is 5.91 Å². The van der Waals surface area contributed by atoms with E-state index in [4.69, 9.17) is 9.26 Å². The molecule has 6 heteroatoms. The van der Waals surface area contributed by atoms with Gasteiger partial charge >= 0.3 is 0 Å². The number of rotatable bonds is 5. The number of carbonyl (C=O) groups excluding carboxylic acids is 1. The van der Waals surface area contributed by atoms with Gasteiger partial charge < -0.3 is 14.2 Å². The first-order chi connectivity index (χ1) is 11.2. The minimum atomic E-state index is 0.222. The molecule has 0 spiro atoms. The summed E-state index contributed by atoms with van der Waals surface area (Å²) in [6.07, 6.45) is 2.31. The van der Waals surface area contributed by atoms with E-state index in [9.17, 15) is 4.79 Å². The zero-order valence-corrected chi connectivity index (χ0v) is 13.5. The van der Waals surface area contributed by atoms with Crippen molar-refractivity contribution in [3.8, 4) is 17.2 Å². The molecule has 122 valence electrons. The van der Waals surface area contributed by atoms with Crippen LogP contribution in [-0.4, -0.2) is 41.1 Å². The molecule has 1 aliphatic rings. The van der Waals surface area contributed by atoms with Crippen LogP contribution in [-0.2, 0) is 11.2 Å². The molecule has 23 heavy (non-hydrogen) atoms. The first-order valence-electron chi connectivity index (χ1n) is 7.94. The maximum absolute atomic E-state index is 11.7. The second-order valence-corrected chi connectivity index (χ2v) is 5.80. The Hall–Kier alpha value is -2.37. The molecule has 1 amide bonds. The molecule has 1 aromatic heterocycles. The van der Waals surface area contributed by atoms with Crippen LogP contribution < -0.4 is 4.74 Å². The van der Waals surface area contributed by atoms with Crippen molar-refractivity contribution in [2.75, 3.05) is 20.2 Å². The summed E-state index contributed by atoms with van der Waals surface area (Å²) in [7, 11) is 1.63. The summed E-state index contributed by atoms with van der Waals surface area (Å²) in [6, 6.07) is 7.52. The number of hydrogen-bond donors (Lipinski definition) is 0. The number of methoxy groups -OCH3 is 1. The molecule has 1 atom stereocenters. The standard InChI is InChI=1S/C17H21N3O3/c1-3-16(21)20-9-8-12(11-20)10-15-18-17(23-19-15)13-4-6-14(22-2)7-5-13/h4-7,12H,3,8-11H2,1-2H3. The second-order valence-electron chi connectivity index (χ2n) is 5.80. The quantitative estimate of drug-likeness (QED) is 0.848. The molecular formula is C17H21N3O3. The summed E-state index contributed by atoms with van der Waals surface area (Å²) in [6.45, 7) is 3.52. The van der Waals surface area contributed by atoms with E-state index >= 15 is 0 Å². The summed E-state index contributed by atoms with van der Waals surface area (Å²) < 4.78 is 10.5. The van der Waals surface area contributed by atoms with Gasteiger partial charge in [-0.05, 0) is 36.6 Å². The summed E-state index contributed by atoms with van der Waals surface area (Å²) in [5, 5.41) is 4.07. The Morgan fingerprint density at radius 3 is 2.87 bits per heavy atom. The van der Waals surface area contributed by atoms with E-state index in [1.165, 1.54) is 0 Å². The number of aromatic nitrogens is 2. The smallest absolute Gasteiger partial charge is 0.257 e. The van der Waals surface area contributed by atoms with Crippen LogP contribution in [0.25, 0.3) is 11.5 Å². The van der Waals surface area contributed by atoms with Gasteiger partial charge in [-0.15, -0.1) is 0 Å². The van der Waals surface area contributed by atoms with Crippen LogP contribution in [0.2, 0.25) is 0 Å². The fraction of sp³-hybridized carbons (Fsp3) is 0.471. The number of nitrogens with zero attached hydrogens (tertiary/aromatic N) is 3. The zero-order valence-electron chi connectivity index (χ0n) is 13.5. The van der Waals surface area contributed by atoms with Crippen molar-refractivity contribution in [2.45, 2.75) is 26.2 Å². The molecule has 0 saturated carbocycles. The van der Waals surface area contributed by atoms with E-state index in [1.54, 1.807) is 7.11 Å². The SMILES string of the molecule is CCC(=O)N1CCC(Cc2noc(-c3ccc(OC)cc3)n2)C1. The lowest BCUT2D eigenvalue weighted by Crippen LogP contribution is -2.28. The maximum atomic E-state index is 11.7. The maximum Gasteiger partial charge on any atom is 0.257 e. The number of benzene rings is 1. The number of hydrogen-bond acceptors (Lipinski definition) is 5. The molecule has 6 nitrogen and oxygen atoms in total. The summed E-state index contributed by atoms with van der Waals surface area (Å²) >= 11 is 0. The third-order valence-corrected chi connectivity index (χ3v) is 4.22. The molecule has 1 unspecified atom stereocenters. The predicted octanol–water partition coefficient (Wildman–Crippen LogP) is 2.55. The Kier molecular flexibility index (Phi) is 4.60. The average molecular weight is 315 g/mol. The van der Waals surface area contributed by atoms with Gasteiger partial charge in [-0.2, -0.15) is 4.98 Å².